The summed E-state index contributed by atoms with van der Waals surface area (Å²) in [5, 5.41) is 14.4. The topological polar surface area (TPSA) is 149 Å². The number of oxime groups is 1. The number of aryl methyl sites for hydroxylation is 1. The number of rotatable bonds is 8. The van der Waals surface area contributed by atoms with Crippen LogP contribution in [0.1, 0.15) is 78.4 Å². The first-order valence-corrected chi connectivity index (χ1v) is 15.2. The SMILES string of the molecule is CC(C)(C)OC(=O)CC1(CC(=O)OC(C)(C)C)CC(c2cc(O)ccc2CCC(=O)N2CCS(=O)(=O)CC2)=NO1. The number of carbonyl (C=O) groups is 3. The summed E-state index contributed by atoms with van der Waals surface area (Å²) in [6, 6.07) is 4.69. The number of ether oxygens (including phenoxy) is 2. The Morgan fingerprint density at radius 3 is 2.08 bits per heavy atom. The van der Waals surface area contributed by atoms with Gasteiger partial charge in [0.15, 0.2) is 15.4 Å². The van der Waals surface area contributed by atoms with E-state index in [9.17, 15) is 27.9 Å². The van der Waals surface area contributed by atoms with Crippen LogP contribution in [0.4, 0.5) is 0 Å². The molecule has 0 bridgehead atoms. The van der Waals surface area contributed by atoms with Gasteiger partial charge in [0.25, 0.3) is 0 Å². The summed E-state index contributed by atoms with van der Waals surface area (Å²) < 4.78 is 34.4. The largest absolute Gasteiger partial charge is 0.508 e. The number of esters is 2. The van der Waals surface area contributed by atoms with Gasteiger partial charge in [-0.2, -0.15) is 0 Å². The van der Waals surface area contributed by atoms with Gasteiger partial charge >= 0.3 is 11.9 Å². The predicted octanol–water partition coefficient (Wildman–Crippen LogP) is 2.91. The maximum Gasteiger partial charge on any atom is 0.310 e. The Morgan fingerprint density at radius 1 is 1.00 bits per heavy atom. The van der Waals surface area contributed by atoms with Crippen molar-refractivity contribution in [3.8, 4) is 5.75 Å². The van der Waals surface area contributed by atoms with Crippen LogP contribution in [0.15, 0.2) is 23.4 Å². The number of aromatic hydroxyl groups is 1. The monoisotopic (exact) mass is 580 g/mol. The molecule has 0 atom stereocenters. The molecule has 3 rings (SSSR count). The van der Waals surface area contributed by atoms with Crippen LogP contribution in [0.3, 0.4) is 0 Å². The van der Waals surface area contributed by atoms with Gasteiger partial charge in [-0.15, -0.1) is 0 Å². The Bertz CT molecular complexity index is 1230. The molecule has 0 saturated carbocycles. The average Bonchev–Trinajstić information content (AvgIpc) is 3.18. The highest BCUT2D eigenvalue weighted by molar-refractivity contribution is 7.91. The van der Waals surface area contributed by atoms with E-state index in [2.05, 4.69) is 5.16 Å². The number of sulfone groups is 1. The van der Waals surface area contributed by atoms with Gasteiger partial charge in [0.2, 0.25) is 5.91 Å². The molecule has 1 aromatic rings. The van der Waals surface area contributed by atoms with Crippen LogP contribution in [0.5, 0.6) is 5.75 Å². The van der Waals surface area contributed by atoms with Gasteiger partial charge in [0.1, 0.15) is 17.0 Å². The zero-order chi connectivity index (χ0) is 29.9. The molecular formula is C28H40N2O9S. The van der Waals surface area contributed by atoms with Crippen molar-refractivity contribution in [3.63, 3.8) is 0 Å². The quantitative estimate of drug-likeness (QED) is 0.458. The van der Waals surface area contributed by atoms with Crippen molar-refractivity contribution in [2.45, 2.75) is 90.4 Å². The van der Waals surface area contributed by atoms with Crippen LogP contribution in [0, 0.1) is 0 Å². The van der Waals surface area contributed by atoms with Crippen LogP contribution < -0.4 is 0 Å². The molecule has 1 saturated heterocycles. The molecule has 1 N–H and O–H groups in total. The Balaban J connectivity index is 1.79. The molecular weight excluding hydrogens is 540 g/mol. The molecule has 40 heavy (non-hydrogen) atoms. The lowest BCUT2D eigenvalue weighted by Gasteiger charge is -2.29. The van der Waals surface area contributed by atoms with Gasteiger partial charge in [-0.1, -0.05) is 11.2 Å². The molecule has 12 heteroatoms. The summed E-state index contributed by atoms with van der Waals surface area (Å²) in [4.78, 5) is 45.7. The Kier molecular flexibility index (Phi) is 9.22. The van der Waals surface area contributed by atoms with Crippen LogP contribution in [-0.4, -0.2) is 83.4 Å². The lowest BCUT2D eigenvalue weighted by atomic mass is 9.86. The van der Waals surface area contributed by atoms with Crippen LogP contribution in [-0.2, 0) is 45.0 Å². The zero-order valence-corrected chi connectivity index (χ0v) is 24.9. The highest BCUT2D eigenvalue weighted by Crippen LogP contribution is 2.36. The molecule has 1 amide bonds. The number of amides is 1. The van der Waals surface area contributed by atoms with Gasteiger partial charge < -0.3 is 24.3 Å². The number of benzene rings is 1. The Hall–Kier alpha value is -3.15. The minimum Gasteiger partial charge on any atom is -0.508 e. The first-order valence-electron chi connectivity index (χ1n) is 13.3. The van der Waals surface area contributed by atoms with Crippen molar-refractivity contribution in [3.05, 3.63) is 29.3 Å². The van der Waals surface area contributed by atoms with Crippen LogP contribution in [0.2, 0.25) is 0 Å². The number of hydrogen-bond acceptors (Lipinski definition) is 10. The lowest BCUT2D eigenvalue weighted by Crippen LogP contribution is -2.43. The molecule has 0 spiro atoms. The Morgan fingerprint density at radius 2 is 1.55 bits per heavy atom. The fraction of sp³-hybridized carbons (Fsp3) is 0.643. The predicted molar refractivity (Wildman–Crippen MR) is 148 cm³/mol. The normalized spacial score (nSPS) is 18.4. The maximum atomic E-state index is 12.8. The molecule has 2 heterocycles. The minimum atomic E-state index is -3.11. The summed E-state index contributed by atoms with van der Waals surface area (Å²) >= 11 is 0. The maximum absolute atomic E-state index is 12.8. The molecule has 222 valence electrons. The molecule has 0 aliphatic carbocycles. The van der Waals surface area contributed by atoms with Crippen molar-refractivity contribution in [2.75, 3.05) is 24.6 Å². The number of carbonyl (C=O) groups excluding carboxylic acids is 3. The van der Waals surface area contributed by atoms with E-state index in [0.717, 1.165) is 0 Å². The lowest BCUT2D eigenvalue weighted by molar-refractivity contribution is -0.169. The molecule has 2 aliphatic heterocycles. The van der Waals surface area contributed by atoms with Gasteiger partial charge in [-0.3, -0.25) is 14.4 Å². The third-order valence-corrected chi connectivity index (χ3v) is 7.93. The molecule has 11 nitrogen and oxygen atoms in total. The molecule has 0 unspecified atom stereocenters. The summed E-state index contributed by atoms with van der Waals surface area (Å²) in [5.41, 5.74) is -1.17. The van der Waals surface area contributed by atoms with Crippen LogP contribution >= 0.6 is 0 Å². The van der Waals surface area contributed by atoms with E-state index < -0.39 is 38.6 Å². The molecule has 1 fully saturated rings. The zero-order valence-electron chi connectivity index (χ0n) is 24.1. The van der Waals surface area contributed by atoms with E-state index >= 15 is 0 Å². The van der Waals surface area contributed by atoms with E-state index in [1.165, 1.54) is 12.1 Å². The summed E-state index contributed by atoms with van der Waals surface area (Å²) in [7, 11) is -3.11. The van der Waals surface area contributed by atoms with E-state index in [-0.39, 0.29) is 61.9 Å². The Labute approximate surface area is 235 Å². The summed E-state index contributed by atoms with van der Waals surface area (Å²) in [6.45, 7) is 10.8. The minimum absolute atomic E-state index is 0.0224. The molecule has 0 radical (unpaired) electrons. The number of phenols is 1. The highest BCUT2D eigenvalue weighted by atomic mass is 32.2. The first kappa shape index (κ1) is 31.4. The molecule has 0 aromatic heterocycles. The van der Waals surface area contributed by atoms with Crippen molar-refractivity contribution < 1.29 is 42.2 Å². The van der Waals surface area contributed by atoms with E-state index in [4.69, 9.17) is 14.3 Å². The summed E-state index contributed by atoms with van der Waals surface area (Å²) in [6.07, 6.45) is 0.0106. The van der Waals surface area contributed by atoms with Crippen molar-refractivity contribution >= 4 is 33.4 Å². The van der Waals surface area contributed by atoms with Crippen molar-refractivity contribution in [2.24, 2.45) is 5.16 Å². The number of nitrogens with zero attached hydrogens (tertiary/aromatic N) is 2. The second-order valence-corrected chi connectivity index (χ2v) is 14.7. The van der Waals surface area contributed by atoms with Gasteiger partial charge in [-0.25, -0.2) is 8.42 Å². The smallest absolute Gasteiger partial charge is 0.310 e. The van der Waals surface area contributed by atoms with Gasteiger partial charge in [0, 0.05) is 31.5 Å². The van der Waals surface area contributed by atoms with Crippen molar-refractivity contribution in [1.29, 1.82) is 0 Å². The van der Waals surface area contributed by atoms with E-state index in [1.54, 1.807) is 52.5 Å². The van der Waals surface area contributed by atoms with Crippen LogP contribution in [0.25, 0.3) is 0 Å². The van der Waals surface area contributed by atoms with E-state index in [0.29, 0.717) is 23.3 Å². The third-order valence-electron chi connectivity index (χ3n) is 6.32. The summed E-state index contributed by atoms with van der Waals surface area (Å²) in [5.74, 6) is -1.40. The third kappa shape index (κ3) is 9.21. The van der Waals surface area contributed by atoms with E-state index in [1.807, 2.05) is 0 Å². The average molecular weight is 581 g/mol. The second kappa shape index (κ2) is 11.8. The van der Waals surface area contributed by atoms with Gasteiger partial charge in [-0.05, 0) is 65.7 Å². The first-order chi connectivity index (χ1) is 18.4. The highest BCUT2D eigenvalue weighted by Gasteiger charge is 2.46. The van der Waals surface area contributed by atoms with Gasteiger partial charge in [0.05, 0.1) is 30.1 Å². The fourth-order valence-electron chi connectivity index (χ4n) is 4.61. The van der Waals surface area contributed by atoms with Crippen molar-refractivity contribution in [1.82, 2.24) is 4.90 Å². The standard InChI is InChI=1S/C28H40N2O9S/c1-26(2,3)37-24(33)17-28(18-25(34)38-27(4,5)6)16-22(29-39-28)21-15-20(31)9-7-19(21)8-10-23(32)30-11-13-40(35,36)14-12-30/h7,9,15,31H,8,10-14,16-18H2,1-6H3. The second-order valence-electron chi connectivity index (χ2n) is 12.4. The number of hydrogen-bond donors (Lipinski definition) is 1. The molecule has 2 aliphatic rings. The fourth-order valence-corrected chi connectivity index (χ4v) is 5.81. The molecule has 1 aromatic carbocycles. The number of phenolic OH excluding ortho intramolecular Hbond substituents is 1.